The van der Waals surface area contributed by atoms with Gasteiger partial charge in [-0.05, 0) is 24.3 Å². The summed E-state index contributed by atoms with van der Waals surface area (Å²) in [5.74, 6) is -0.162. The van der Waals surface area contributed by atoms with Gasteiger partial charge >= 0.3 is 0 Å². The smallest absolute Gasteiger partial charge is 0.246 e. The Morgan fingerprint density at radius 2 is 2.12 bits per heavy atom. The van der Waals surface area contributed by atoms with Crippen molar-refractivity contribution in [1.82, 2.24) is 15.0 Å². The predicted molar refractivity (Wildman–Crippen MR) is 87.0 cm³/mol. The molecule has 1 aliphatic heterocycles. The van der Waals surface area contributed by atoms with Crippen LogP contribution < -0.4 is 4.90 Å². The fraction of sp³-hybridized carbons (Fsp3) is 0.412. The number of halogens is 1. The summed E-state index contributed by atoms with van der Waals surface area (Å²) in [5.41, 5.74) is 0.592. The predicted octanol–water partition coefficient (Wildman–Crippen LogP) is 1.78. The standard InChI is InChI=1S/C17H19FN4O3/c1-3-14-19-15(25-20-14)10-21(2)17(24)11-8-16(23)22(9-11)13-6-4-12(18)5-7-13/h4-7,11H,3,8-10H2,1-2H3. The number of aryl methyl sites for hydroxylation is 1. The second-order valence-corrected chi connectivity index (χ2v) is 6.03. The molecule has 132 valence electrons. The van der Waals surface area contributed by atoms with Crippen molar-refractivity contribution in [2.75, 3.05) is 18.5 Å². The summed E-state index contributed by atoms with van der Waals surface area (Å²) < 4.78 is 18.1. The maximum absolute atomic E-state index is 13.0. The Labute approximate surface area is 144 Å². The van der Waals surface area contributed by atoms with E-state index in [4.69, 9.17) is 4.52 Å². The van der Waals surface area contributed by atoms with E-state index in [1.165, 1.54) is 34.1 Å². The van der Waals surface area contributed by atoms with Gasteiger partial charge in [0.05, 0.1) is 12.5 Å². The van der Waals surface area contributed by atoms with Gasteiger partial charge in [0, 0.05) is 32.1 Å². The molecule has 0 aliphatic carbocycles. The van der Waals surface area contributed by atoms with Gasteiger partial charge in [-0.25, -0.2) is 4.39 Å². The molecule has 1 unspecified atom stereocenters. The maximum Gasteiger partial charge on any atom is 0.246 e. The summed E-state index contributed by atoms with van der Waals surface area (Å²) in [6.45, 7) is 2.39. The molecule has 1 atom stereocenters. The van der Waals surface area contributed by atoms with E-state index in [1.807, 2.05) is 6.92 Å². The molecule has 1 aliphatic rings. The van der Waals surface area contributed by atoms with Gasteiger partial charge in [0.25, 0.3) is 0 Å². The van der Waals surface area contributed by atoms with Crippen LogP contribution >= 0.6 is 0 Å². The van der Waals surface area contributed by atoms with Crippen molar-refractivity contribution in [1.29, 1.82) is 0 Å². The molecule has 3 rings (SSSR count). The highest BCUT2D eigenvalue weighted by Crippen LogP contribution is 2.26. The Kier molecular flexibility index (Phi) is 4.78. The monoisotopic (exact) mass is 346 g/mol. The van der Waals surface area contributed by atoms with E-state index in [1.54, 1.807) is 7.05 Å². The Balaban J connectivity index is 1.64. The van der Waals surface area contributed by atoms with Gasteiger partial charge in [-0.1, -0.05) is 12.1 Å². The van der Waals surface area contributed by atoms with Crippen LogP contribution in [0.4, 0.5) is 10.1 Å². The third-order valence-corrected chi connectivity index (χ3v) is 4.19. The molecule has 0 N–H and O–H groups in total. The van der Waals surface area contributed by atoms with Gasteiger partial charge in [-0.2, -0.15) is 4.98 Å². The highest BCUT2D eigenvalue weighted by Gasteiger charge is 2.36. The number of nitrogens with zero attached hydrogens (tertiary/aromatic N) is 4. The molecule has 1 aromatic carbocycles. The van der Waals surface area contributed by atoms with Crippen LogP contribution in [-0.4, -0.2) is 40.4 Å². The number of rotatable bonds is 5. The number of amides is 2. The van der Waals surface area contributed by atoms with Crippen molar-refractivity contribution in [3.63, 3.8) is 0 Å². The third-order valence-electron chi connectivity index (χ3n) is 4.19. The van der Waals surface area contributed by atoms with Crippen LogP contribution in [0.3, 0.4) is 0 Å². The first-order valence-corrected chi connectivity index (χ1v) is 8.10. The van der Waals surface area contributed by atoms with Crippen LogP contribution in [0, 0.1) is 11.7 Å². The van der Waals surface area contributed by atoms with Crippen LogP contribution in [0.1, 0.15) is 25.1 Å². The van der Waals surface area contributed by atoms with Gasteiger partial charge < -0.3 is 14.3 Å². The molecule has 1 aromatic heterocycles. The van der Waals surface area contributed by atoms with Gasteiger partial charge in [0.2, 0.25) is 17.7 Å². The Morgan fingerprint density at radius 3 is 2.76 bits per heavy atom. The molecule has 1 fully saturated rings. The van der Waals surface area contributed by atoms with Gasteiger partial charge in [-0.3, -0.25) is 9.59 Å². The fourth-order valence-electron chi connectivity index (χ4n) is 2.83. The SMILES string of the molecule is CCc1noc(CN(C)C(=O)C2CC(=O)N(c3ccc(F)cc3)C2)n1. The average molecular weight is 346 g/mol. The third kappa shape index (κ3) is 3.67. The summed E-state index contributed by atoms with van der Waals surface area (Å²) >= 11 is 0. The van der Waals surface area contributed by atoms with Crippen molar-refractivity contribution in [2.45, 2.75) is 26.3 Å². The lowest BCUT2D eigenvalue weighted by Gasteiger charge is -2.20. The molecule has 2 aromatic rings. The highest BCUT2D eigenvalue weighted by atomic mass is 19.1. The lowest BCUT2D eigenvalue weighted by Crippen LogP contribution is -2.34. The molecule has 7 nitrogen and oxygen atoms in total. The molecular weight excluding hydrogens is 327 g/mol. The van der Waals surface area contributed by atoms with E-state index >= 15 is 0 Å². The molecule has 25 heavy (non-hydrogen) atoms. The average Bonchev–Trinajstić information content (AvgIpc) is 3.21. The second kappa shape index (κ2) is 7.00. The highest BCUT2D eigenvalue weighted by molar-refractivity contribution is 6.00. The van der Waals surface area contributed by atoms with Crippen LogP contribution in [0.5, 0.6) is 0 Å². The van der Waals surface area contributed by atoms with E-state index < -0.39 is 5.92 Å². The molecular formula is C17H19FN4O3. The van der Waals surface area contributed by atoms with Crippen molar-refractivity contribution < 1.29 is 18.5 Å². The zero-order valence-corrected chi connectivity index (χ0v) is 14.1. The van der Waals surface area contributed by atoms with Gasteiger partial charge in [0.15, 0.2) is 5.82 Å². The Bertz CT molecular complexity index is 774. The van der Waals surface area contributed by atoms with Crippen LogP contribution in [0.15, 0.2) is 28.8 Å². The van der Waals surface area contributed by atoms with E-state index in [0.29, 0.717) is 23.8 Å². The topological polar surface area (TPSA) is 79.5 Å². The molecule has 0 spiro atoms. The van der Waals surface area contributed by atoms with Crippen molar-refractivity contribution in [3.8, 4) is 0 Å². The van der Waals surface area contributed by atoms with Crippen molar-refractivity contribution in [2.24, 2.45) is 5.92 Å². The molecule has 8 heteroatoms. The summed E-state index contributed by atoms with van der Waals surface area (Å²) in [5, 5.41) is 3.80. The fourth-order valence-corrected chi connectivity index (χ4v) is 2.83. The molecule has 0 radical (unpaired) electrons. The molecule has 2 amide bonds. The number of hydrogen-bond acceptors (Lipinski definition) is 5. The minimum absolute atomic E-state index is 0.130. The first kappa shape index (κ1) is 17.1. The first-order chi connectivity index (χ1) is 12.0. The van der Waals surface area contributed by atoms with Crippen molar-refractivity contribution in [3.05, 3.63) is 41.8 Å². The summed E-state index contributed by atoms with van der Waals surface area (Å²) in [4.78, 5) is 32.0. The minimum Gasteiger partial charge on any atom is -0.337 e. The largest absolute Gasteiger partial charge is 0.337 e. The zero-order valence-electron chi connectivity index (χ0n) is 14.1. The number of aromatic nitrogens is 2. The Morgan fingerprint density at radius 1 is 1.40 bits per heavy atom. The second-order valence-electron chi connectivity index (χ2n) is 6.03. The van der Waals surface area contributed by atoms with E-state index in [-0.39, 0.29) is 37.1 Å². The molecule has 0 bridgehead atoms. The molecule has 1 saturated heterocycles. The van der Waals surface area contributed by atoms with Crippen LogP contribution in [0.25, 0.3) is 0 Å². The van der Waals surface area contributed by atoms with Gasteiger partial charge in [0.1, 0.15) is 5.82 Å². The van der Waals surface area contributed by atoms with Crippen LogP contribution in [0.2, 0.25) is 0 Å². The molecule has 0 saturated carbocycles. The number of anilines is 1. The number of benzene rings is 1. The van der Waals surface area contributed by atoms with E-state index in [0.717, 1.165) is 0 Å². The number of carbonyl (C=O) groups is 2. The molecule has 2 heterocycles. The quantitative estimate of drug-likeness (QED) is 0.824. The number of hydrogen-bond donors (Lipinski definition) is 0. The Hall–Kier alpha value is -2.77. The normalized spacial score (nSPS) is 17.2. The van der Waals surface area contributed by atoms with Crippen LogP contribution in [-0.2, 0) is 22.6 Å². The maximum atomic E-state index is 13.0. The summed E-state index contributed by atoms with van der Waals surface area (Å²) in [6.07, 6.45) is 0.787. The minimum atomic E-state index is -0.448. The zero-order chi connectivity index (χ0) is 18.0. The summed E-state index contributed by atoms with van der Waals surface area (Å²) in [7, 11) is 1.64. The van der Waals surface area contributed by atoms with Crippen molar-refractivity contribution >= 4 is 17.5 Å². The number of carbonyl (C=O) groups excluding carboxylic acids is 2. The lowest BCUT2D eigenvalue weighted by atomic mass is 10.1. The van der Waals surface area contributed by atoms with E-state index in [9.17, 15) is 14.0 Å². The first-order valence-electron chi connectivity index (χ1n) is 8.10. The lowest BCUT2D eigenvalue weighted by molar-refractivity contribution is -0.135. The van der Waals surface area contributed by atoms with E-state index in [2.05, 4.69) is 10.1 Å². The van der Waals surface area contributed by atoms with Gasteiger partial charge in [-0.15, -0.1) is 0 Å². The summed E-state index contributed by atoms with van der Waals surface area (Å²) in [6, 6.07) is 5.67.